The Bertz CT molecular complexity index is 256. The molecule has 1 unspecified atom stereocenters. The van der Waals surface area contributed by atoms with Crippen LogP contribution in [0.5, 0.6) is 0 Å². The monoisotopic (exact) mass is 200 g/mol. The highest BCUT2D eigenvalue weighted by Gasteiger charge is 2.33. The highest BCUT2D eigenvalue weighted by atomic mass is 16.5. The Kier molecular flexibility index (Phi) is 2.64. The molecule has 2 saturated heterocycles. The molecule has 0 saturated carbocycles. The van der Waals surface area contributed by atoms with Crippen molar-refractivity contribution in [1.82, 2.24) is 10.2 Å². The summed E-state index contributed by atoms with van der Waals surface area (Å²) in [5.74, 6) is -0.609. The van der Waals surface area contributed by atoms with Gasteiger partial charge in [0.25, 0.3) is 0 Å². The van der Waals surface area contributed by atoms with Crippen LogP contribution in [0.2, 0.25) is 0 Å². The van der Waals surface area contributed by atoms with Gasteiger partial charge in [-0.3, -0.25) is 15.0 Å². The normalized spacial score (nSPS) is 29.6. The predicted octanol–water partition coefficient (Wildman–Crippen LogP) is -1.68. The van der Waals surface area contributed by atoms with E-state index in [0.29, 0.717) is 26.3 Å². The summed E-state index contributed by atoms with van der Waals surface area (Å²) in [7, 11) is 0. The summed E-state index contributed by atoms with van der Waals surface area (Å²) in [5, 5.41) is 3.00. The molecule has 0 spiro atoms. The molecule has 0 amide bonds. The van der Waals surface area contributed by atoms with Gasteiger partial charge in [-0.05, 0) is 0 Å². The summed E-state index contributed by atoms with van der Waals surface area (Å²) in [5.41, 5.74) is 0. The topological polar surface area (TPSA) is 67.9 Å². The zero-order chi connectivity index (χ0) is 9.97. The summed E-state index contributed by atoms with van der Waals surface area (Å²) in [6.07, 6.45) is -0.489. The minimum absolute atomic E-state index is 0.146. The fraction of sp³-hybridized carbons (Fsp3) is 0.750. The summed E-state index contributed by atoms with van der Waals surface area (Å²) in [6, 6.07) is 0. The van der Waals surface area contributed by atoms with Crippen molar-refractivity contribution in [2.75, 3.05) is 32.8 Å². The minimum atomic E-state index is -0.489. The Morgan fingerprint density at radius 3 is 2.86 bits per heavy atom. The van der Waals surface area contributed by atoms with Crippen LogP contribution in [-0.4, -0.2) is 55.9 Å². The molecule has 14 heavy (non-hydrogen) atoms. The number of ether oxygens (including phenoxy) is 2. The molecule has 0 aromatic heterocycles. The van der Waals surface area contributed by atoms with Gasteiger partial charge in [-0.2, -0.15) is 0 Å². The van der Waals surface area contributed by atoms with Crippen LogP contribution < -0.4 is 5.32 Å². The predicted molar refractivity (Wildman–Crippen MR) is 45.3 cm³/mol. The molecule has 0 aromatic carbocycles. The van der Waals surface area contributed by atoms with Crippen LogP contribution in [0.15, 0.2) is 0 Å². The van der Waals surface area contributed by atoms with Crippen molar-refractivity contribution in [2.24, 2.45) is 0 Å². The highest BCUT2D eigenvalue weighted by Crippen LogP contribution is 2.06. The van der Waals surface area contributed by atoms with Crippen LogP contribution >= 0.6 is 0 Å². The van der Waals surface area contributed by atoms with Crippen molar-refractivity contribution in [3.63, 3.8) is 0 Å². The number of cyclic esters (lactones) is 2. The van der Waals surface area contributed by atoms with E-state index in [1.807, 2.05) is 0 Å². The maximum absolute atomic E-state index is 11.3. The molecule has 1 atom stereocenters. The van der Waals surface area contributed by atoms with Crippen LogP contribution in [0.4, 0.5) is 0 Å². The fourth-order valence-electron chi connectivity index (χ4n) is 1.58. The standard InChI is InChI=1S/C8H12N2O4/c11-6-5-10(2-4-13-6)7-8(12)14-3-1-9-7/h7,9H,1-5H2. The minimum Gasteiger partial charge on any atom is -0.463 e. The summed E-state index contributed by atoms with van der Waals surface area (Å²) in [4.78, 5) is 24.0. The molecule has 0 aliphatic carbocycles. The SMILES string of the molecule is O=C1CN(C2NCCOC2=O)CCO1. The molecule has 2 aliphatic rings. The molecule has 2 fully saturated rings. The first-order chi connectivity index (χ1) is 6.77. The maximum atomic E-state index is 11.3. The quantitative estimate of drug-likeness (QED) is 0.510. The van der Waals surface area contributed by atoms with Crippen LogP contribution in [0.3, 0.4) is 0 Å². The summed E-state index contributed by atoms with van der Waals surface area (Å²) in [6.45, 7) is 2.07. The van der Waals surface area contributed by atoms with Gasteiger partial charge in [-0.15, -0.1) is 0 Å². The van der Waals surface area contributed by atoms with E-state index in [4.69, 9.17) is 9.47 Å². The third-order valence-electron chi connectivity index (χ3n) is 2.25. The molecular weight excluding hydrogens is 188 g/mol. The number of nitrogens with zero attached hydrogens (tertiary/aromatic N) is 1. The van der Waals surface area contributed by atoms with E-state index in [1.54, 1.807) is 4.90 Å². The lowest BCUT2D eigenvalue weighted by atomic mass is 10.3. The summed E-state index contributed by atoms with van der Waals surface area (Å²) < 4.78 is 9.66. The molecule has 0 bridgehead atoms. The number of carbonyl (C=O) groups is 2. The van der Waals surface area contributed by atoms with E-state index in [9.17, 15) is 9.59 Å². The second-order valence-corrected chi connectivity index (χ2v) is 3.22. The third-order valence-corrected chi connectivity index (χ3v) is 2.25. The van der Waals surface area contributed by atoms with Crippen molar-refractivity contribution >= 4 is 11.9 Å². The van der Waals surface area contributed by atoms with Crippen molar-refractivity contribution in [2.45, 2.75) is 6.17 Å². The molecule has 2 rings (SSSR count). The van der Waals surface area contributed by atoms with Crippen molar-refractivity contribution < 1.29 is 19.1 Å². The Balaban J connectivity index is 1.98. The first kappa shape index (κ1) is 9.42. The lowest BCUT2D eigenvalue weighted by molar-refractivity contribution is -0.163. The Hall–Kier alpha value is -1.14. The van der Waals surface area contributed by atoms with Gasteiger partial charge in [-0.25, -0.2) is 4.79 Å². The van der Waals surface area contributed by atoms with Gasteiger partial charge in [0, 0.05) is 13.1 Å². The van der Waals surface area contributed by atoms with Gasteiger partial charge in [0.15, 0.2) is 6.17 Å². The molecular formula is C8H12N2O4. The van der Waals surface area contributed by atoms with Crippen molar-refractivity contribution in [3.8, 4) is 0 Å². The molecule has 0 aromatic rings. The average Bonchev–Trinajstić information content (AvgIpc) is 2.18. The number of morpholine rings is 2. The van der Waals surface area contributed by atoms with E-state index < -0.39 is 6.17 Å². The number of hydrogen-bond donors (Lipinski definition) is 1. The highest BCUT2D eigenvalue weighted by molar-refractivity contribution is 5.78. The Morgan fingerprint density at radius 2 is 2.14 bits per heavy atom. The number of carbonyl (C=O) groups excluding carboxylic acids is 2. The second-order valence-electron chi connectivity index (χ2n) is 3.22. The molecule has 0 radical (unpaired) electrons. The molecule has 1 N–H and O–H groups in total. The van der Waals surface area contributed by atoms with Gasteiger partial charge in [0.1, 0.15) is 13.2 Å². The zero-order valence-electron chi connectivity index (χ0n) is 7.69. The van der Waals surface area contributed by atoms with Gasteiger partial charge >= 0.3 is 11.9 Å². The Morgan fingerprint density at radius 1 is 1.29 bits per heavy atom. The van der Waals surface area contributed by atoms with Gasteiger partial charge < -0.3 is 9.47 Å². The largest absolute Gasteiger partial charge is 0.463 e. The molecule has 78 valence electrons. The first-order valence-electron chi connectivity index (χ1n) is 4.57. The van der Waals surface area contributed by atoms with E-state index in [2.05, 4.69) is 5.32 Å². The third kappa shape index (κ3) is 1.85. The van der Waals surface area contributed by atoms with Crippen LogP contribution in [-0.2, 0) is 19.1 Å². The number of esters is 2. The lowest BCUT2D eigenvalue weighted by Gasteiger charge is -2.34. The fourth-order valence-corrected chi connectivity index (χ4v) is 1.58. The van der Waals surface area contributed by atoms with Gasteiger partial charge in [-0.1, -0.05) is 0 Å². The number of nitrogens with one attached hydrogen (secondary N) is 1. The van der Waals surface area contributed by atoms with Crippen LogP contribution in [0.25, 0.3) is 0 Å². The zero-order valence-corrected chi connectivity index (χ0v) is 7.69. The molecule has 6 heteroatoms. The first-order valence-corrected chi connectivity index (χ1v) is 4.57. The van der Waals surface area contributed by atoms with Crippen LogP contribution in [0.1, 0.15) is 0 Å². The summed E-state index contributed by atoms with van der Waals surface area (Å²) >= 11 is 0. The van der Waals surface area contributed by atoms with Crippen LogP contribution in [0, 0.1) is 0 Å². The average molecular weight is 200 g/mol. The van der Waals surface area contributed by atoms with Gasteiger partial charge in [0.05, 0.1) is 6.54 Å². The van der Waals surface area contributed by atoms with Gasteiger partial charge in [0.2, 0.25) is 0 Å². The molecule has 6 nitrogen and oxygen atoms in total. The van der Waals surface area contributed by atoms with E-state index in [0.717, 1.165) is 0 Å². The molecule has 2 aliphatic heterocycles. The smallest absolute Gasteiger partial charge is 0.338 e. The maximum Gasteiger partial charge on any atom is 0.338 e. The van der Waals surface area contributed by atoms with Crippen molar-refractivity contribution in [1.29, 1.82) is 0 Å². The van der Waals surface area contributed by atoms with E-state index in [-0.39, 0.29) is 18.5 Å². The molecule has 2 heterocycles. The van der Waals surface area contributed by atoms with Crippen molar-refractivity contribution in [3.05, 3.63) is 0 Å². The number of hydrogen-bond acceptors (Lipinski definition) is 6. The van der Waals surface area contributed by atoms with E-state index in [1.165, 1.54) is 0 Å². The number of rotatable bonds is 1. The lowest BCUT2D eigenvalue weighted by Crippen LogP contribution is -2.59. The second kappa shape index (κ2) is 3.93. The van der Waals surface area contributed by atoms with E-state index >= 15 is 0 Å². The Labute approximate surface area is 81.1 Å².